The number of rotatable bonds is 5. The van der Waals surface area contributed by atoms with Gasteiger partial charge in [-0.25, -0.2) is 0 Å². The van der Waals surface area contributed by atoms with Gasteiger partial charge in [-0.05, 0) is 19.4 Å². The third-order valence-electron chi connectivity index (χ3n) is 2.29. The normalized spacial score (nSPS) is 12.5. The van der Waals surface area contributed by atoms with Gasteiger partial charge < -0.3 is 14.9 Å². The predicted molar refractivity (Wildman–Crippen MR) is 58.9 cm³/mol. The molecule has 0 saturated heterocycles. The van der Waals surface area contributed by atoms with Gasteiger partial charge in [0.05, 0.1) is 12.7 Å². The average Bonchev–Trinajstić information content (AvgIpc) is 2.26. The van der Waals surface area contributed by atoms with E-state index in [-0.39, 0.29) is 13.2 Å². The molecule has 1 rings (SSSR count). The quantitative estimate of drug-likeness (QED) is 0.776. The van der Waals surface area contributed by atoms with Gasteiger partial charge in [0.25, 0.3) is 0 Å². The van der Waals surface area contributed by atoms with E-state index in [1.54, 1.807) is 0 Å². The van der Waals surface area contributed by atoms with Crippen LogP contribution in [-0.2, 0) is 6.61 Å². The predicted octanol–water partition coefficient (Wildman–Crippen LogP) is 1.64. The minimum Gasteiger partial charge on any atom is -0.491 e. The van der Waals surface area contributed by atoms with Crippen LogP contribution in [-0.4, -0.2) is 22.9 Å². The summed E-state index contributed by atoms with van der Waals surface area (Å²) in [5.41, 5.74) is 1.85. The molecule has 0 saturated carbocycles. The van der Waals surface area contributed by atoms with Gasteiger partial charge in [-0.3, -0.25) is 0 Å². The molecule has 0 heterocycles. The molecule has 0 spiro atoms. The maximum absolute atomic E-state index is 9.35. The van der Waals surface area contributed by atoms with Crippen molar-refractivity contribution in [2.45, 2.75) is 33.0 Å². The Balaban J connectivity index is 2.67. The lowest BCUT2D eigenvalue weighted by Crippen LogP contribution is -2.16. The molecule has 0 fully saturated rings. The molecule has 1 unspecified atom stereocenters. The van der Waals surface area contributed by atoms with Crippen molar-refractivity contribution in [1.82, 2.24) is 0 Å². The topological polar surface area (TPSA) is 49.7 Å². The third-order valence-corrected chi connectivity index (χ3v) is 2.29. The van der Waals surface area contributed by atoms with E-state index in [4.69, 9.17) is 9.84 Å². The lowest BCUT2D eigenvalue weighted by molar-refractivity contribution is 0.103. The molecule has 15 heavy (non-hydrogen) atoms. The molecule has 1 atom stereocenters. The summed E-state index contributed by atoms with van der Waals surface area (Å²) in [5, 5.41) is 18.5. The first-order valence-corrected chi connectivity index (χ1v) is 5.18. The molecular formula is C12H18O3. The second-order valence-electron chi connectivity index (χ2n) is 3.64. The van der Waals surface area contributed by atoms with E-state index >= 15 is 0 Å². The fourth-order valence-electron chi connectivity index (χ4n) is 1.28. The minimum atomic E-state index is -0.446. The monoisotopic (exact) mass is 210 g/mol. The smallest absolute Gasteiger partial charge is 0.124 e. The first-order valence-electron chi connectivity index (χ1n) is 5.18. The number of benzene rings is 1. The molecule has 0 aromatic heterocycles. The van der Waals surface area contributed by atoms with Gasteiger partial charge >= 0.3 is 0 Å². The maximum Gasteiger partial charge on any atom is 0.124 e. The number of aliphatic hydroxyl groups is 2. The van der Waals surface area contributed by atoms with Gasteiger partial charge in [-0.1, -0.05) is 24.6 Å². The molecular weight excluding hydrogens is 192 g/mol. The van der Waals surface area contributed by atoms with Crippen LogP contribution in [0.25, 0.3) is 0 Å². The number of aryl methyl sites for hydroxylation is 1. The molecule has 2 N–H and O–H groups in total. The van der Waals surface area contributed by atoms with Crippen molar-refractivity contribution in [3.8, 4) is 5.75 Å². The van der Waals surface area contributed by atoms with Crippen molar-refractivity contribution in [3.63, 3.8) is 0 Å². The fraction of sp³-hybridized carbons (Fsp3) is 0.500. The van der Waals surface area contributed by atoms with E-state index in [2.05, 4.69) is 0 Å². The lowest BCUT2D eigenvalue weighted by Gasteiger charge is -2.13. The zero-order valence-electron chi connectivity index (χ0n) is 9.23. The summed E-state index contributed by atoms with van der Waals surface area (Å²) in [7, 11) is 0. The summed E-state index contributed by atoms with van der Waals surface area (Å²) >= 11 is 0. The molecule has 0 aliphatic heterocycles. The van der Waals surface area contributed by atoms with Crippen LogP contribution in [0.15, 0.2) is 18.2 Å². The molecule has 84 valence electrons. The maximum atomic E-state index is 9.35. The number of aliphatic hydroxyl groups excluding tert-OH is 2. The summed E-state index contributed by atoms with van der Waals surface area (Å²) in [6.45, 7) is 4.09. The van der Waals surface area contributed by atoms with Crippen LogP contribution in [0.5, 0.6) is 5.75 Å². The molecule has 0 bridgehead atoms. The molecule has 0 aliphatic rings. The average molecular weight is 210 g/mol. The van der Waals surface area contributed by atoms with Crippen LogP contribution in [0.2, 0.25) is 0 Å². The Labute approximate surface area is 90.3 Å². The highest BCUT2D eigenvalue weighted by Gasteiger charge is 2.06. The molecule has 3 nitrogen and oxygen atoms in total. The Morgan fingerprint density at radius 2 is 2.13 bits per heavy atom. The van der Waals surface area contributed by atoms with Gasteiger partial charge in [0.15, 0.2) is 0 Å². The second-order valence-corrected chi connectivity index (χ2v) is 3.64. The van der Waals surface area contributed by atoms with Crippen molar-refractivity contribution < 1.29 is 14.9 Å². The summed E-state index contributed by atoms with van der Waals surface area (Å²) in [6.07, 6.45) is 0.221. The van der Waals surface area contributed by atoms with Gasteiger partial charge in [0.2, 0.25) is 0 Å². The summed E-state index contributed by atoms with van der Waals surface area (Å²) < 4.78 is 5.43. The van der Waals surface area contributed by atoms with E-state index in [0.29, 0.717) is 12.2 Å². The van der Waals surface area contributed by atoms with Gasteiger partial charge in [0.1, 0.15) is 12.4 Å². The zero-order valence-corrected chi connectivity index (χ0v) is 9.23. The van der Waals surface area contributed by atoms with Gasteiger partial charge in [-0.2, -0.15) is 0 Å². The standard InChI is InChI=1S/C12H18O3/c1-3-11(14)8-15-12-5-4-9(2)6-10(12)7-13/h4-6,11,13-14H,3,7-8H2,1-2H3. The Kier molecular flexibility index (Phi) is 4.59. The number of hydrogen-bond acceptors (Lipinski definition) is 3. The molecule has 1 aromatic carbocycles. The Morgan fingerprint density at radius 3 is 2.73 bits per heavy atom. The van der Waals surface area contributed by atoms with E-state index in [1.165, 1.54) is 0 Å². The van der Waals surface area contributed by atoms with E-state index < -0.39 is 6.10 Å². The zero-order chi connectivity index (χ0) is 11.3. The lowest BCUT2D eigenvalue weighted by atomic mass is 10.1. The highest BCUT2D eigenvalue weighted by molar-refractivity contribution is 5.36. The van der Waals surface area contributed by atoms with Crippen LogP contribution in [0.1, 0.15) is 24.5 Å². The summed E-state index contributed by atoms with van der Waals surface area (Å²) in [5.74, 6) is 0.649. The minimum absolute atomic E-state index is 0.0424. The van der Waals surface area contributed by atoms with Crippen LogP contribution in [0, 0.1) is 6.92 Å². The van der Waals surface area contributed by atoms with Crippen molar-refractivity contribution in [1.29, 1.82) is 0 Å². The van der Waals surface area contributed by atoms with Crippen molar-refractivity contribution >= 4 is 0 Å². The fourth-order valence-corrected chi connectivity index (χ4v) is 1.28. The molecule has 0 radical (unpaired) electrons. The van der Waals surface area contributed by atoms with Gasteiger partial charge in [0, 0.05) is 5.56 Å². The highest BCUT2D eigenvalue weighted by Crippen LogP contribution is 2.20. The van der Waals surface area contributed by atoms with Crippen LogP contribution in [0.3, 0.4) is 0 Å². The van der Waals surface area contributed by atoms with Crippen molar-refractivity contribution in [2.75, 3.05) is 6.61 Å². The van der Waals surface area contributed by atoms with Crippen molar-refractivity contribution in [2.24, 2.45) is 0 Å². The molecule has 3 heteroatoms. The largest absolute Gasteiger partial charge is 0.491 e. The summed E-state index contributed by atoms with van der Waals surface area (Å²) in [6, 6.07) is 5.63. The molecule has 0 amide bonds. The van der Waals surface area contributed by atoms with Crippen molar-refractivity contribution in [3.05, 3.63) is 29.3 Å². The first-order chi connectivity index (χ1) is 7.17. The molecule has 1 aromatic rings. The first kappa shape index (κ1) is 12.0. The second kappa shape index (κ2) is 5.73. The Hall–Kier alpha value is -1.06. The van der Waals surface area contributed by atoms with Crippen LogP contribution in [0.4, 0.5) is 0 Å². The Bertz CT molecular complexity index is 310. The summed E-state index contributed by atoms with van der Waals surface area (Å²) in [4.78, 5) is 0. The Morgan fingerprint density at radius 1 is 1.40 bits per heavy atom. The van der Waals surface area contributed by atoms with E-state index in [0.717, 1.165) is 11.1 Å². The SMILES string of the molecule is CCC(O)COc1ccc(C)cc1CO. The number of hydrogen-bond donors (Lipinski definition) is 2. The molecule has 0 aliphatic carbocycles. The van der Waals surface area contributed by atoms with E-state index in [1.807, 2.05) is 32.0 Å². The van der Waals surface area contributed by atoms with Crippen LogP contribution >= 0.6 is 0 Å². The third kappa shape index (κ3) is 3.53. The van der Waals surface area contributed by atoms with E-state index in [9.17, 15) is 5.11 Å². The highest BCUT2D eigenvalue weighted by atomic mass is 16.5. The number of ether oxygens (including phenoxy) is 1. The van der Waals surface area contributed by atoms with Crippen LogP contribution < -0.4 is 4.74 Å². The van der Waals surface area contributed by atoms with Gasteiger partial charge in [-0.15, -0.1) is 0 Å².